The lowest BCUT2D eigenvalue weighted by Crippen LogP contribution is -2.33. The van der Waals surface area contributed by atoms with Gasteiger partial charge in [-0.05, 0) is 37.5 Å². The number of hydrogen-bond donors (Lipinski definition) is 2. The molecule has 19 heavy (non-hydrogen) atoms. The number of halogens is 2. The van der Waals surface area contributed by atoms with Gasteiger partial charge in [-0.2, -0.15) is 11.8 Å². The van der Waals surface area contributed by atoms with Crippen molar-refractivity contribution in [3.8, 4) is 0 Å². The second-order valence-corrected chi connectivity index (χ2v) is 6.74. The molecule has 108 valence electrons. The Balaban J connectivity index is 2.98. The molecular weight excluding hydrogens is 294 g/mol. The summed E-state index contributed by atoms with van der Waals surface area (Å²) in [7, 11) is -4.04. The Morgan fingerprint density at radius 1 is 1.42 bits per heavy atom. The van der Waals surface area contributed by atoms with E-state index in [0.29, 0.717) is 6.42 Å². The van der Waals surface area contributed by atoms with Crippen LogP contribution in [0, 0.1) is 11.6 Å². The number of rotatable bonds is 6. The maximum Gasteiger partial charge on any atom is 0.243 e. The second-order valence-electron chi connectivity index (χ2n) is 4.08. The van der Waals surface area contributed by atoms with Crippen molar-refractivity contribution >= 4 is 27.5 Å². The van der Waals surface area contributed by atoms with Gasteiger partial charge in [0.1, 0.15) is 16.4 Å². The van der Waals surface area contributed by atoms with Gasteiger partial charge >= 0.3 is 0 Å². The normalized spacial score (nSPS) is 13.5. The van der Waals surface area contributed by atoms with Gasteiger partial charge in [0.15, 0.2) is 5.82 Å². The van der Waals surface area contributed by atoms with Crippen LogP contribution in [0.5, 0.6) is 0 Å². The summed E-state index contributed by atoms with van der Waals surface area (Å²) in [5, 5.41) is 0. The molecule has 0 aliphatic carbocycles. The molecule has 0 saturated heterocycles. The zero-order valence-corrected chi connectivity index (χ0v) is 12.2. The Morgan fingerprint density at radius 3 is 2.63 bits per heavy atom. The van der Waals surface area contributed by atoms with Gasteiger partial charge < -0.3 is 5.73 Å². The highest BCUT2D eigenvalue weighted by Crippen LogP contribution is 2.22. The summed E-state index contributed by atoms with van der Waals surface area (Å²) in [5.41, 5.74) is 4.35. The molecule has 0 amide bonds. The molecule has 0 heterocycles. The first-order valence-corrected chi connectivity index (χ1v) is 8.42. The van der Waals surface area contributed by atoms with E-state index in [9.17, 15) is 17.2 Å². The van der Waals surface area contributed by atoms with E-state index in [1.54, 1.807) is 18.7 Å². The fraction of sp³-hybridized carbons (Fsp3) is 0.455. The molecule has 0 aliphatic rings. The Hall–Kier alpha value is -0.860. The highest BCUT2D eigenvalue weighted by Gasteiger charge is 2.24. The lowest BCUT2D eigenvalue weighted by Gasteiger charge is -2.14. The van der Waals surface area contributed by atoms with Gasteiger partial charge in [-0.1, -0.05) is 0 Å². The number of anilines is 1. The molecule has 0 aromatic heterocycles. The predicted molar refractivity (Wildman–Crippen MR) is 73.6 cm³/mol. The monoisotopic (exact) mass is 310 g/mol. The number of benzene rings is 1. The van der Waals surface area contributed by atoms with Crippen LogP contribution in [-0.2, 0) is 10.0 Å². The third-order valence-corrected chi connectivity index (χ3v) is 4.74. The molecule has 0 radical (unpaired) electrons. The van der Waals surface area contributed by atoms with Gasteiger partial charge in [0, 0.05) is 6.04 Å². The second kappa shape index (κ2) is 6.53. The lowest BCUT2D eigenvalue weighted by atomic mass is 10.3. The van der Waals surface area contributed by atoms with E-state index in [0.717, 1.165) is 17.9 Å². The minimum absolute atomic E-state index is 0.344. The number of thioether (sulfide) groups is 1. The van der Waals surface area contributed by atoms with Crippen LogP contribution >= 0.6 is 11.8 Å². The van der Waals surface area contributed by atoms with Crippen LogP contribution in [0.3, 0.4) is 0 Å². The third-order valence-electron chi connectivity index (χ3n) is 2.49. The smallest absolute Gasteiger partial charge is 0.243 e. The Labute approximate surface area is 115 Å². The van der Waals surface area contributed by atoms with Gasteiger partial charge in [-0.15, -0.1) is 0 Å². The van der Waals surface area contributed by atoms with E-state index in [2.05, 4.69) is 4.72 Å². The van der Waals surface area contributed by atoms with Crippen LogP contribution in [0.15, 0.2) is 17.0 Å². The first-order chi connectivity index (χ1) is 8.79. The maximum atomic E-state index is 13.7. The number of sulfonamides is 1. The summed E-state index contributed by atoms with van der Waals surface area (Å²) >= 11 is 1.58. The first kappa shape index (κ1) is 16.2. The SMILES string of the molecule is CSCCC(C)NS(=O)(=O)c1ccc(F)c(N)c1F. The molecule has 0 bridgehead atoms. The van der Waals surface area contributed by atoms with Crippen LogP contribution in [0.4, 0.5) is 14.5 Å². The van der Waals surface area contributed by atoms with E-state index >= 15 is 0 Å². The lowest BCUT2D eigenvalue weighted by molar-refractivity contribution is 0.535. The van der Waals surface area contributed by atoms with Crippen molar-refractivity contribution in [2.24, 2.45) is 0 Å². The van der Waals surface area contributed by atoms with E-state index in [1.807, 2.05) is 6.26 Å². The number of nitrogen functional groups attached to an aromatic ring is 1. The predicted octanol–water partition coefficient (Wildman–Crippen LogP) is 1.97. The Kier molecular flexibility index (Phi) is 5.57. The molecule has 1 atom stereocenters. The van der Waals surface area contributed by atoms with Crippen LogP contribution < -0.4 is 10.5 Å². The zero-order valence-electron chi connectivity index (χ0n) is 10.6. The van der Waals surface area contributed by atoms with Crippen molar-refractivity contribution in [1.29, 1.82) is 0 Å². The van der Waals surface area contributed by atoms with E-state index in [-0.39, 0.29) is 6.04 Å². The average molecular weight is 310 g/mol. The van der Waals surface area contributed by atoms with Crippen molar-refractivity contribution in [1.82, 2.24) is 4.72 Å². The summed E-state index contributed by atoms with van der Waals surface area (Å²) in [4.78, 5) is -0.637. The summed E-state index contributed by atoms with van der Waals surface area (Å²) in [5.74, 6) is -1.46. The van der Waals surface area contributed by atoms with Crippen molar-refractivity contribution in [3.05, 3.63) is 23.8 Å². The van der Waals surface area contributed by atoms with Crippen LogP contribution in [0.25, 0.3) is 0 Å². The molecule has 3 N–H and O–H groups in total. The van der Waals surface area contributed by atoms with Gasteiger partial charge in [0.25, 0.3) is 0 Å². The Morgan fingerprint density at radius 2 is 2.05 bits per heavy atom. The molecule has 4 nitrogen and oxygen atoms in total. The Bertz CT molecular complexity index is 550. The molecule has 0 spiro atoms. The van der Waals surface area contributed by atoms with Gasteiger partial charge in [0.05, 0.1) is 0 Å². The van der Waals surface area contributed by atoms with E-state index in [1.165, 1.54) is 0 Å². The highest BCUT2D eigenvalue weighted by molar-refractivity contribution is 7.98. The fourth-order valence-electron chi connectivity index (χ4n) is 1.44. The summed E-state index contributed by atoms with van der Waals surface area (Å²) < 4.78 is 52.9. The molecule has 0 aliphatic heterocycles. The number of nitrogens with two attached hydrogens (primary N) is 1. The van der Waals surface area contributed by atoms with Gasteiger partial charge in [0.2, 0.25) is 10.0 Å². The maximum absolute atomic E-state index is 13.7. The third kappa shape index (κ3) is 4.05. The molecule has 0 saturated carbocycles. The summed E-state index contributed by atoms with van der Waals surface area (Å²) in [6.07, 6.45) is 2.51. The summed E-state index contributed by atoms with van der Waals surface area (Å²) in [6.45, 7) is 1.68. The largest absolute Gasteiger partial charge is 0.394 e. The average Bonchev–Trinajstić information content (AvgIpc) is 2.32. The first-order valence-electron chi connectivity index (χ1n) is 5.54. The van der Waals surface area contributed by atoms with Crippen LogP contribution in [0.1, 0.15) is 13.3 Å². The molecule has 1 unspecified atom stereocenters. The van der Waals surface area contributed by atoms with E-state index in [4.69, 9.17) is 5.73 Å². The zero-order chi connectivity index (χ0) is 14.6. The van der Waals surface area contributed by atoms with Crippen molar-refractivity contribution in [3.63, 3.8) is 0 Å². The fourth-order valence-corrected chi connectivity index (χ4v) is 3.40. The van der Waals surface area contributed by atoms with Crippen LogP contribution in [0.2, 0.25) is 0 Å². The molecule has 0 fully saturated rings. The van der Waals surface area contributed by atoms with Crippen LogP contribution in [-0.4, -0.2) is 26.5 Å². The molecular formula is C11H16F2N2O2S2. The quantitative estimate of drug-likeness (QED) is 0.788. The highest BCUT2D eigenvalue weighted by atomic mass is 32.2. The minimum Gasteiger partial charge on any atom is -0.394 e. The van der Waals surface area contributed by atoms with Crippen molar-refractivity contribution < 1.29 is 17.2 Å². The number of nitrogens with one attached hydrogen (secondary N) is 1. The number of hydrogen-bond acceptors (Lipinski definition) is 4. The standard InChI is InChI=1S/C11H16F2N2O2S2/c1-7(5-6-18-2)15-19(16,17)9-4-3-8(12)11(14)10(9)13/h3-4,7,15H,5-6,14H2,1-2H3. The van der Waals surface area contributed by atoms with Crippen molar-refractivity contribution in [2.75, 3.05) is 17.7 Å². The molecule has 1 rings (SSSR count). The van der Waals surface area contributed by atoms with E-state index < -0.39 is 32.2 Å². The van der Waals surface area contributed by atoms with Gasteiger partial charge in [-0.25, -0.2) is 21.9 Å². The topological polar surface area (TPSA) is 72.2 Å². The molecule has 1 aromatic carbocycles. The van der Waals surface area contributed by atoms with Gasteiger partial charge in [-0.3, -0.25) is 0 Å². The molecule has 8 heteroatoms. The van der Waals surface area contributed by atoms with Crippen molar-refractivity contribution in [2.45, 2.75) is 24.3 Å². The molecule has 1 aromatic rings. The summed E-state index contributed by atoms with van der Waals surface area (Å²) in [6, 6.07) is 1.35. The minimum atomic E-state index is -4.04.